The molecule has 0 aliphatic heterocycles. The Kier molecular flexibility index (Phi) is 17.2. The summed E-state index contributed by atoms with van der Waals surface area (Å²) in [6, 6.07) is 0. The fraction of sp³-hybridized carbons (Fsp3) is 1.00. The van der Waals surface area contributed by atoms with Crippen LogP contribution in [-0.4, -0.2) is 22.4 Å². The minimum atomic E-state index is -0.0937. The summed E-state index contributed by atoms with van der Waals surface area (Å²) in [5.41, 5.74) is 0. The monoisotopic (exact) mass is 314 g/mol. The van der Waals surface area contributed by atoms with Crippen LogP contribution in [0.25, 0.3) is 0 Å². The summed E-state index contributed by atoms with van der Waals surface area (Å²) < 4.78 is 0. The molecule has 0 aromatic rings. The van der Waals surface area contributed by atoms with E-state index < -0.39 is 0 Å². The molecular weight excluding hydrogens is 272 g/mol. The van der Waals surface area contributed by atoms with E-state index >= 15 is 0 Å². The van der Waals surface area contributed by atoms with Crippen molar-refractivity contribution in [2.75, 3.05) is 0 Å². The van der Waals surface area contributed by atoms with Gasteiger partial charge >= 0.3 is 0 Å². The minimum Gasteiger partial charge on any atom is -0.393 e. The lowest BCUT2D eigenvalue weighted by molar-refractivity contribution is 0.146. The third kappa shape index (κ3) is 16.3. The van der Waals surface area contributed by atoms with Gasteiger partial charge in [-0.3, -0.25) is 0 Å². The molecule has 22 heavy (non-hydrogen) atoms. The van der Waals surface area contributed by atoms with Crippen LogP contribution in [0.2, 0.25) is 0 Å². The van der Waals surface area contributed by atoms with Crippen LogP contribution in [0, 0.1) is 0 Å². The average Bonchev–Trinajstić information content (AvgIpc) is 2.52. The van der Waals surface area contributed by atoms with Crippen LogP contribution in [0.3, 0.4) is 0 Å². The van der Waals surface area contributed by atoms with E-state index in [1.54, 1.807) is 0 Å². The second-order valence-electron chi connectivity index (χ2n) is 6.97. The predicted octanol–water partition coefficient (Wildman–Crippen LogP) is 5.99. The highest BCUT2D eigenvalue weighted by Gasteiger charge is 2.04. The Morgan fingerprint density at radius 3 is 1.27 bits per heavy atom. The van der Waals surface area contributed by atoms with Gasteiger partial charge in [0.1, 0.15) is 0 Å². The van der Waals surface area contributed by atoms with Gasteiger partial charge in [-0.05, 0) is 25.7 Å². The Morgan fingerprint density at radius 2 is 0.864 bits per heavy atom. The SMILES string of the molecule is CCCCCCCCCC(O)CCCCCCCC(O)CC. The fourth-order valence-electron chi connectivity index (χ4n) is 2.98. The van der Waals surface area contributed by atoms with E-state index in [1.165, 1.54) is 64.2 Å². The molecule has 0 spiro atoms. The summed E-state index contributed by atoms with van der Waals surface area (Å²) in [6.45, 7) is 4.29. The Balaban J connectivity index is 3.17. The molecule has 0 saturated carbocycles. The van der Waals surface area contributed by atoms with Crippen LogP contribution in [0.5, 0.6) is 0 Å². The molecule has 0 bridgehead atoms. The zero-order chi connectivity index (χ0) is 16.5. The molecule has 0 amide bonds. The summed E-state index contributed by atoms with van der Waals surface area (Å²) in [6.07, 6.45) is 18.9. The smallest absolute Gasteiger partial charge is 0.0540 e. The number of hydrogen-bond acceptors (Lipinski definition) is 2. The van der Waals surface area contributed by atoms with Crippen molar-refractivity contribution in [2.45, 2.75) is 129 Å². The van der Waals surface area contributed by atoms with E-state index in [0.29, 0.717) is 0 Å². The molecule has 0 radical (unpaired) electrons. The molecule has 0 aromatic heterocycles. The van der Waals surface area contributed by atoms with Crippen LogP contribution < -0.4 is 0 Å². The Hall–Kier alpha value is -0.0800. The molecule has 2 nitrogen and oxygen atoms in total. The molecule has 2 heteroatoms. The van der Waals surface area contributed by atoms with Gasteiger partial charge in [-0.25, -0.2) is 0 Å². The van der Waals surface area contributed by atoms with Gasteiger partial charge in [-0.15, -0.1) is 0 Å². The normalized spacial score (nSPS) is 14.2. The van der Waals surface area contributed by atoms with Crippen LogP contribution in [0.15, 0.2) is 0 Å². The van der Waals surface area contributed by atoms with Gasteiger partial charge in [0, 0.05) is 0 Å². The van der Waals surface area contributed by atoms with E-state index in [-0.39, 0.29) is 12.2 Å². The minimum absolute atomic E-state index is 0.0717. The van der Waals surface area contributed by atoms with Gasteiger partial charge in [-0.2, -0.15) is 0 Å². The maximum atomic E-state index is 9.96. The molecule has 0 rings (SSSR count). The summed E-state index contributed by atoms with van der Waals surface area (Å²) in [4.78, 5) is 0. The molecule has 0 aromatic carbocycles. The zero-order valence-electron chi connectivity index (χ0n) is 15.4. The number of rotatable bonds is 17. The van der Waals surface area contributed by atoms with E-state index in [2.05, 4.69) is 6.92 Å². The van der Waals surface area contributed by atoms with E-state index in [4.69, 9.17) is 0 Å². The van der Waals surface area contributed by atoms with E-state index in [1.807, 2.05) is 6.92 Å². The van der Waals surface area contributed by atoms with Gasteiger partial charge in [0.15, 0.2) is 0 Å². The van der Waals surface area contributed by atoms with Crippen molar-refractivity contribution in [3.05, 3.63) is 0 Å². The maximum Gasteiger partial charge on any atom is 0.0540 e. The second kappa shape index (κ2) is 17.3. The van der Waals surface area contributed by atoms with Crippen LogP contribution in [0.1, 0.15) is 117 Å². The van der Waals surface area contributed by atoms with Crippen molar-refractivity contribution in [1.82, 2.24) is 0 Å². The number of unbranched alkanes of at least 4 members (excludes halogenated alkanes) is 10. The molecule has 2 unspecified atom stereocenters. The number of aliphatic hydroxyl groups excluding tert-OH is 2. The highest BCUT2D eigenvalue weighted by molar-refractivity contribution is 4.58. The number of aliphatic hydroxyl groups is 2. The fourth-order valence-corrected chi connectivity index (χ4v) is 2.98. The standard InChI is InChI=1S/C20H42O2/c1-3-5-6-7-8-10-14-17-20(22)18-15-12-9-11-13-16-19(21)4-2/h19-22H,3-18H2,1-2H3. The average molecular weight is 315 g/mol. The molecule has 134 valence electrons. The van der Waals surface area contributed by atoms with Gasteiger partial charge in [0.05, 0.1) is 12.2 Å². The van der Waals surface area contributed by atoms with Crippen molar-refractivity contribution in [3.8, 4) is 0 Å². The second-order valence-corrected chi connectivity index (χ2v) is 6.97. The third-order valence-corrected chi connectivity index (χ3v) is 4.69. The van der Waals surface area contributed by atoms with Gasteiger partial charge < -0.3 is 10.2 Å². The molecule has 2 atom stereocenters. The summed E-state index contributed by atoms with van der Waals surface area (Å²) in [5.74, 6) is 0. The lowest BCUT2D eigenvalue weighted by Crippen LogP contribution is -2.06. The first kappa shape index (κ1) is 21.9. The first-order chi connectivity index (χ1) is 10.7. The van der Waals surface area contributed by atoms with Gasteiger partial charge in [0.25, 0.3) is 0 Å². The Morgan fingerprint density at radius 1 is 0.500 bits per heavy atom. The summed E-state index contributed by atoms with van der Waals surface area (Å²) >= 11 is 0. The molecule has 0 aliphatic carbocycles. The highest BCUT2D eigenvalue weighted by Crippen LogP contribution is 2.14. The van der Waals surface area contributed by atoms with E-state index in [9.17, 15) is 10.2 Å². The van der Waals surface area contributed by atoms with Crippen molar-refractivity contribution in [2.24, 2.45) is 0 Å². The number of hydrogen-bond donors (Lipinski definition) is 2. The van der Waals surface area contributed by atoms with Crippen LogP contribution >= 0.6 is 0 Å². The molecule has 0 aliphatic rings. The molecule has 0 heterocycles. The summed E-state index contributed by atoms with van der Waals surface area (Å²) in [7, 11) is 0. The predicted molar refractivity (Wildman–Crippen MR) is 97.2 cm³/mol. The first-order valence-corrected chi connectivity index (χ1v) is 10.1. The topological polar surface area (TPSA) is 40.5 Å². The van der Waals surface area contributed by atoms with Crippen LogP contribution in [-0.2, 0) is 0 Å². The van der Waals surface area contributed by atoms with Gasteiger partial charge in [0.2, 0.25) is 0 Å². The summed E-state index contributed by atoms with van der Waals surface area (Å²) in [5, 5.41) is 19.4. The lowest BCUT2D eigenvalue weighted by atomic mass is 10.0. The molecule has 0 fully saturated rings. The molecule has 2 N–H and O–H groups in total. The van der Waals surface area contributed by atoms with E-state index in [0.717, 1.165) is 38.5 Å². The quantitative estimate of drug-likeness (QED) is 0.324. The van der Waals surface area contributed by atoms with Crippen molar-refractivity contribution >= 4 is 0 Å². The van der Waals surface area contributed by atoms with Gasteiger partial charge in [-0.1, -0.05) is 90.9 Å². The third-order valence-electron chi connectivity index (χ3n) is 4.69. The Labute approximate surface area is 139 Å². The van der Waals surface area contributed by atoms with Crippen LogP contribution in [0.4, 0.5) is 0 Å². The molecular formula is C20H42O2. The van der Waals surface area contributed by atoms with Crippen molar-refractivity contribution < 1.29 is 10.2 Å². The molecule has 0 saturated heterocycles. The zero-order valence-corrected chi connectivity index (χ0v) is 15.4. The van der Waals surface area contributed by atoms with Crippen molar-refractivity contribution in [1.29, 1.82) is 0 Å². The van der Waals surface area contributed by atoms with Crippen molar-refractivity contribution in [3.63, 3.8) is 0 Å². The Bertz CT molecular complexity index is 206. The largest absolute Gasteiger partial charge is 0.393 e. The first-order valence-electron chi connectivity index (χ1n) is 10.1. The highest BCUT2D eigenvalue weighted by atomic mass is 16.3. The lowest BCUT2D eigenvalue weighted by Gasteiger charge is -2.10. The maximum absolute atomic E-state index is 9.96.